The molecule has 0 saturated carbocycles. The summed E-state index contributed by atoms with van der Waals surface area (Å²) in [6.45, 7) is 3.18. The topological polar surface area (TPSA) is 53.3 Å². The van der Waals surface area contributed by atoms with E-state index in [1.165, 1.54) is 6.92 Å². The maximum absolute atomic E-state index is 11.0. The number of nitrogens with zero attached hydrogens (tertiary/aromatic N) is 2. The van der Waals surface area contributed by atoms with Crippen LogP contribution < -0.4 is 0 Å². The van der Waals surface area contributed by atoms with Gasteiger partial charge in [0, 0.05) is 26.2 Å². The molecule has 2 heterocycles. The number of carbonyl (C=O) groups is 1. The summed E-state index contributed by atoms with van der Waals surface area (Å²) in [4.78, 5) is 15.6. The van der Waals surface area contributed by atoms with E-state index in [2.05, 4.69) is 15.6 Å². The van der Waals surface area contributed by atoms with Crippen LogP contribution in [-0.4, -0.2) is 28.7 Å². The minimum absolute atomic E-state index is 0.224. The molecule has 0 unspecified atom stereocenters. The van der Waals surface area contributed by atoms with Gasteiger partial charge < -0.3 is 14.0 Å². The fourth-order valence-corrected chi connectivity index (χ4v) is 2.71. The smallest absolute Gasteiger partial charge is 0.303 e. The summed E-state index contributed by atoms with van der Waals surface area (Å²) >= 11 is 0. The van der Waals surface area contributed by atoms with Gasteiger partial charge in [-0.05, 0) is 25.0 Å². The molecular formula is C15H18N2O3. The van der Waals surface area contributed by atoms with Gasteiger partial charge >= 0.3 is 5.97 Å². The first-order valence-corrected chi connectivity index (χ1v) is 6.92. The third-order valence-corrected chi connectivity index (χ3v) is 3.63. The van der Waals surface area contributed by atoms with Crippen LogP contribution in [0.15, 0.2) is 24.3 Å². The van der Waals surface area contributed by atoms with Crippen molar-refractivity contribution in [1.29, 1.82) is 0 Å². The van der Waals surface area contributed by atoms with E-state index in [9.17, 15) is 4.79 Å². The minimum atomic E-state index is -0.282. The average molecular weight is 274 g/mol. The van der Waals surface area contributed by atoms with Crippen molar-refractivity contribution in [3.05, 3.63) is 30.1 Å². The molecule has 5 heteroatoms. The van der Waals surface area contributed by atoms with Crippen molar-refractivity contribution in [2.24, 2.45) is 0 Å². The van der Waals surface area contributed by atoms with Crippen LogP contribution in [0.25, 0.3) is 11.0 Å². The Kier molecular flexibility index (Phi) is 3.69. The fourth-order valence-electron chi connectivity index (χ4n) is 2.71. The zero-order valence-electron chi connectivity index (χ0n) is 11.5. The number of imidazole rings is 1. The molecule has 0 aliphatic carbocycles. The summed E-state index contributed by atoms with van der Waals surface area (Å²) in [6.07, 6.45) is 1.93. The van der Waals surface area contributed by atoms with Gasteiger partial charge in [-0.2, -0.15) is 0 Å². The first-order chi connectivity index (χ1) is 9.75. The molecule has 0 N–H and O–H groups in total. The highest BCUT2D eigenvalue weighted by Crippen LogP contribution is 2.28. The molecule has 3 rings (SSSR count). The number of esters is 1. The molecule has 106 valence electrons. The second-order valence-electron chi connectivity index (χ2n) is 5.01. The predicted octanol–water partition coefficient (Wildman–Crippen LogP) is 2.45. The fraction of sp³-hybridized carbons (Fsp3) is 0.467. The highest BCUT2D eigenvalue weighted by molar-refractivity contribution is 5.76. The molecular weight excluding hydrogens is 256 g/mol. The number of carbonyl (C=O) groups excluding carboxylic acids is 1. The largest absolute Gasteiger partial charge is 0.458 e. The van der Waals surface area contributed by atoms with Crippen molar-refractivity contribution in [2.75, 3.05) is 13.2 Å². The summed E-state index contributed by atoms with van der Waals surface area (Å²) in [6, 6.07) is 8.40. The van der Waals surface area contributed by atoms with E-state index in [0.717, 1.165) is 42.9 Å². The van der Waals surface area contributed by atoms with Crippen molar-refractivity contribution in [2.45, 2.75) is 32.4 Å². The molecule has 1 aliphatic rings. The Morgan fingerprint density at radius 2 is 2.15 bits per heavy atom. The first kappa shape index (κ1) is 13.1. The number of rotatable bonds is 3. The number of hydrogen-bond acceptors (Lipinski definition) is 4. The van der Waals surface area contributed by atoms with E-state index in [1.807, 2.05) is 18.2 Å². The molecule has 0 amide bonds. The number of hydrogen-bond donors (Lipinski definition) is 0. The minimum Gasteiger partial charge on any atom is -0.458 e. The van der Waals surface area contributed by atoms with E-state index >= 15 is 0 Å². The van der Waals surface area contributed by atoms with Gasteiger partial charge in [0.15, 0.2) is 0 Å². The second-order valence-corrected chi connectivity index (χ2v) is 5.01. The summed E-state index contributed by atoms with van der Waals surface area (Å²) in [5.41, 5.74) is 2.04. The molecule has 1 fully saturated rings. The van der Waals surface area contributed by atoms with Gasteiger partial charge in [-0.25, -0.2) is 4.98 Å². The van der Waals surface area contributed by atoms with Crippen LogP contribution in [-0.2, 0) is 20.9 Å². The van der Waals surface area contributed by atoms with Crippen LogP contribution in [0.2, 0.25) is 0 Å². The van der Waals surface area contributed by atoms with Gasteiger partial charge in [-0.3, -0.25) is 4.79 Å². The number of ether oxygens (including phenoxy) is 2. The van der Waals surface area contributed by atoms with Gasteiger partial charge in [0.05, 0.1) is 11.0 Å². The van der Waals surface area contributed by atoms with Gasteiger partial charge in [-0.15, -0.1) is 0 Å². The van der Waals surface area contributed by atoms with E-state index in [1.54, 1.807) is 0 Å². The van der Waals surface area contributed by atoms with Gasteiger partial charge in [0.2, 0.25) is 0 Å². The Morgan fingerprint density at radius 3 is 2.90 bits per heavy atom. The predicted molar refractivity (Wildman–Crippen MR) is 74.3 cm³/mol. The van der Waals surface area contributed by atoms with Crippen LogP contribution in [0, 0.1) is 0 Å². The monoisotopic (exact) mass is 274 g/mol. The molecule has 0 atom stereocenters. The molecule has 5 nitrogen and oxygen atoms in total. The van der Waals surface area contributed by atoms with Crippen LogP contribution in [0.5, 0.6) is 0 Å². The highest BCUT2D eigenvalue weighted by Gasteiger charge is 2.21. The van der Waals surface area contributed by atoms with Crippen LogP contribution >= 0.6 is 0 Å². The normalized spacial score (nSPS) is 16.4. The molecule has 1 saturated heterocycles. The molecule has 0 radical (unpaired) electrons. The number of aromatic nitrogens is 2. The number of para-hydroxylation sites is 2. The van der Waals surface area contributed by atoms with Gasteiger partial charge in [0.1, 0.15) is 12.4 Å². The third-order valence-electron chi connectivity index (χ3n) is 3.63. The average Bonchev–Trinajstić information content (AvgIpc) is 2.84. The van der Waals surface area contributed by atoms with Crippen molar-refractivity contribution in [3.63, 3.8) is 0 Å². The maximum Gasteiger partial charge on any atom is 0.303 e. The standard InChI is InChI=1S/C15H18N2O3/c1-11(18)20-10-15-16-13-4-2-3-5-14(13)17(15)12-6-8-19-9-7-12/h2-5,12H,6-10H2,1H3. The Balaban J connectivity index is 2.00. The van der Waals surface area contributed by atoms with E-state index in [4.69, 9.17) is 9.47 Å². The number of fused-ring (bicyclic) bond motifs is 1. The molecule has 1 aromatic carbocycles. The number of benzene rings is 1. The highest BCUT2D eigenvalue weighted by atomic mass is 16.5. The molecule has 2 aromatic rings. The summed E-state index contributed by atoms with van der Waals surface area (Å²) in [7, 11) is 0. The Bertz CT molecular complexity index is 615. The summed E-state index contributed by atoms with van der Waals surface area (Å²) in [5.74, 6) is 0.531. The van der Waals surface area contributed by atoms with Crippen LogP contribution in [0.4, 0.5) is 0 Å². The van der Waals surface area contributed by atoms with Crippen LogP contribution in [0.1, 0.15) is 31.6 Å². The molecule has 1 aliphatic heterocycles. The van der Waals surface area contributed by atoms with Crippen LogP contribution in [0.3, 0.4) is 0 Å². The molecule has 0 spiro atoms. The lowest BCUT2D eigenvalue weighted by Crippen LogP contribution is -2.21. The van der Waals surface area contributed by atoms with Gasteiger partial charge in [0.25, 0.3) is 0 Å². The zero-order chi connectivity index (χ0) is 13.9. The maximum atomic E-state index is 11.0. The molecule has 20 heavy (non-hydrogen) atoms. The van der Waals surface area contributed by atoms with E-state index in [-0.39, 0.29) is 12.6 Å². The van der Waals surface area contributed by atoms with Crippen molar-refractivity contribution >= 4 is 17.0 Å². The lowest BCUT2D eigenvalue weighted by molar-refractivity contribution is -0.142. The zero-order valence-corrected chi connectivity index (χ0v) is 11.5. The Hall–Kier alpha value is -1.88. The quantitative estimate of drug-likeness (QED) is 0.807. The summed E-state index contributed by atoms with van der Waals surface area (Å²) < 4.78 is 12.8. The summed E-state index contributed by atoms with van der Waals surface area (Å²) in [5, 5.41) is 0. The van der Waals surface area contributed by atoms with E-state index < -0.39 is 0 Å². The molecule has 0 bridgehead atoms. The van der Waals surface area contributed by atoms with Gasteiger partial charge in [-0.1, -0.05) is 12.1 Å². The van der Waals surface area contributed by atoms with Crippen molar-refractivity contribution in [3.8, 4) is 0 Å². The Morgan fingerprint density at radius 1 is 1.40 bits per heavy atom. The third kappa shape index (κ3) is 2.54. The SMILES string of the molecule is CC(=O)OCc1nc2ccccc2n1C1CCOCC1. The second kappa shape index (κ2) is 5.63. The molecule has 1 aromatic heterocycles. The lowest BCUT2D eigenvalue weighted by atomic mass is 10.1. The van der Waals surface area contributed by atoms with Crippen molar-refractivity contribution in [1.82, 2.24) is 9.55 Å². The van der Waals surface area contributed by atoms with Crippen molar-refractivity contribution < 1.29 is 14.3 Å². The Labute approximate surface area is 117 Å². The first-order valence-electron chi connectivity index (χ1n) is 6.92. The lowest BCUT2D eigenvalue weighted by Gasteiger charge is -2.25. The van der Waals surface area contributed by atoms with E-state index in [0.29, 0.717) is 6.04 Å².